The molecule has 0 heterocycles. The quantitative estimate of drug-likeness (QED) is 0.706. The summed E-state index contributed by atoms with van der Waals surface area (Å²) in [6.45, 7) is 1.80. The Morgan fingerprint density at radius 3 is 2.19 bits per heavy atom. The van der Waals surface area contributed by atoms with Crippen LogP contribution in [0, 0.1) is 0 Å². The molecule has 0 atom stereocenters. The zero-order valence-electron chi connectivity index (χ0n) is 12.5. The summed E-state index contributed by atoms with van der Waals surface area (Å²) in [5.74, 6) is -0.507. The lowest BCUT2D eigenvalue weighted by Crippen LogP contribution is -2.35. The first-order valence-electron chi connectivity index (χ1n) is 6.90. The zero-order valence-corrected chi connectivity index (χ0v) is 13.2. The molecule has 0 unspecified atom stereocenters. The summed E-state index contributed by atoms with van der Waals surface area (Å²) in [5, 5.41) is 6.13. The van der Waals surface area contributed by atoms with Crippen molar-refractivity contribution in [3.63, 3.8) is 0 Å². The maximum atomic E-state index is 11.6. The average Bonchev–Trinajstić information content (AvgIpc) is 2.40. The number of benzene rings is 1. The summed E-state index contributed by atoms with van der Waals surface area (Å²) in [5.41, 5.74) is 1.09. The maximum Gasteiger partial charge on any atom is 0.229 e. The molecular weight excluding hydrogens is 290 g/mol. The lowest BCUT2D eigenvalue weighted by atomic mass is 10.1. The van der Waals surface area contributed by atoms with E-state index >= 15 is 0 Å². The van der Waals surface area contributed by atoms with E-state index in [2.05, 4.69) is 10.6 Å². The summed E-state index contributed by atoms with van der Waals surface area (Å²) in [7, 11) is 3.85. The second-order valence-electron chi connectivity index (χ2n) is 5.06. The number of amides is 2. The number of carbonyl (C=O) groups excluding carboxylic acids is 2. The first-order valence-corrected chi connectivity index (χ1v) is 7.27. The van der Waals surface area contributed by atoms with E-state index in [0.29, 0.717) is 24.5 Å². The Morgan fingerprint density at radius 2 is 1.62 bits per heavy atom. The third-order valence-electron chi connectivity index (χ3n) is 2.85. The zero-order chi connectivity index (χ0) is 15.7. The van der Waals surface area contributed by atoms with Crippen molar-refractivity contribution in [3.05, 3.63) is 34.9 Å². The SMILES string of the molecule is CN(C)CCNC(=O)CC(=O)NCCc1ccc(Cl)cc1. The fraction of sp³-hybridized carbons (Fsp3) is 0.467. The number of hydrogen-bond acceptors (Lipinski definition) is 3. The molecule has 0 aromatic heterocycles. The molecule has 1 aromatic rings. The van der Waals surface area contributed by atoms with Crippen LogP contribution < -0.4 is 10.6 Å². The van der Waals surface area contributed by atoms with E-state index in [1.165, 1.54) is 0 Å². The van der Waals surface area contributed by atoms with E-state index in [1.54, 1.807) is 0 Å². The molecule has 0 aliphatic rings. The molecule has 0 fully saturated rings. The summed E-state index contributed by atoms with van der Waals surface area (Å²) in [6.07, 6.45) is 0.583. The summed E-state index contributed by atoms with van der Waals surface area (Å²) >= 11 is 5.80. The van der Waals surface area contributed by atoms with E-state index in [0.717, 1.165) is 12.1 Å². The Morgan fingerprint density at radius 1 is 1.05 bits per heavy atom. The predicted molar refractivity (Wildman–Crippen MR) is 84.3 cm³/mol. The standard InChI is InChI=1S/C15H22ClN3O2/c1-19(2)10-9-18-15(21)11-14(20)17-8-7-12-3-5-13(16)6-4-12/h3-6H,7-11H2,1-2H3,(H,17,20)(H,18,21). The van der Waals surface area contributed by atoms with Gasteiger partial charge in [-0.2, -0.15) is 0 Å². The van der Waals surface area contributed by atoms with Gasteiger partial charge in [-0.3, -0.25) is 9.59 Å². The highest BCUT2D eigenvalue weighted by Gasteiger charge is 2.08. The van der Waals surface area contributed by atoms with Crippen LogP contribution in [-0.2, 0) is 16.0 Å². The highest BCUT2D eigenvalue weighted by molar-refractivity contribution is 6.30. The average molecular weight is 312 g/mol. The highest BCUT2D eigenvalue weighted by atomic mass is 35.5. The molecule has 0 bridgehead atoms. The van der Waals surface area contributed by atoms with E-state index in [9.17, 15) is 9.59 Å². The van der Waals surface area contributed by atoms with Crippen LogP contribution in [0.25, 0.3) is 0 Å². The molecule has 6 heteroatoms. The van der Waals surface area contributed by atoms with E-state index in [4.69, 9.17) is 11.6 Å². The summed E-state index contributed by atoms with van der Waals surface area (Å²) in [4.78, 5) is 25.1. The number of rotatable bonds is 8. The first-order chi connectivity index (χ1) is 9.97. The van der Waals surface area contributed by atoms with Gasteiger partial charge in [-0.05, 0) is 38.2 Å². The molecule has 0 spiro atoms. The van der Waals surface area contributed by atoms with Gasteiger partial charge < -0.3 is 15.5 Å². The molecule has 21 heavy (non-hydrogen) atoms. The normalized spacial score (nSPS) is 10.5. The molecule has 0 aliphatic carbocycles. The van der Waals surface area contributed by atoms with Crippen LogP contribution in [0.3, 0.4) is 0 Å². The Kier molecular flexibility index (Phi) is 7.79. The second-order valence-corrected chi connectivity index (χ2v) is 5.49. The fourth-order valence-electron chi connectivity index (χ4n) is 1.69. The first kappa shape index (κ1) is 17.5. The van der Waals surface area contributed by atoms with Gasteiger partial charge in [0.15, 0.2) is 0 Å². The number of carbonyl (C=O) groups is 2. The smallest absolute Gasteiger partial charge is 0.229 e. The molecule has 2 amide bonds. The second kappa shape index (κ2) is 9.37. The number of nitrogens with zero attached hydrogens (tertiary/aromatic N) is 1. The van der Waals surface area contributed by atoms with Gasteiger partial charge in [0.25, 0.3) is 0 Å². The highest BCUT2D eigenvalue weighted by Crippen LogP contribution is 2.09. The fourth-order valence-corrected chi connectivity index (χ4v) is 1.81. The van der Waals surface area contributed by atoms with Crippen molar-refractivity contribution >= 4 is 23.4 Å². The predicted octanol–water partition coefficient (Wildman–Crippen LogP) is 1.07. The molecule has 1 rings (SSSR count). The van der Waals surface area contributed by atoms with Crippen molar-refractivity contribution in [2.45, 2.75) is 12.8 Å². The van der Waals surface area contributed by atoms with Gasteiger partial charge in [0.2, 0.25) is 11.8 Å². The van der Waals surface area contributed by atoms with Gasteiger partial charge in [0.05, 0.1) is 0 Å². The van der Waals surface area contributed by atoms with Crippen LogP contribution in [0.2, 0.25) is 5.02 Å². The Labute approximate surface area is 130 Å². The monoisotopic (exact) mass is 311 g/mol. The van der Waals surface area contributed by atoms with Gasteiger partial charge in [-0.25, -0.2) is 0 Å². The number of nitrogens with one attached hydrogen (secondary N) is 2. The number of likely N-dealkylation sites (N-methyl/N-ethyl adjacent to an activating group) is 1. The molecule has 116 valence electrons. The van der Waals surface area contributed by atoms with Gasteiger partial charge in [-0.1, -0.05) is 23.7 Å². The largest absolute Gasteiger partial charge is 0.355 e. The molecule has 0 radical (unpaired) electrons. The molecule has 2 N–H and O–H groups in total. The van der Waals surface area contributed by atoms with E-state index in [1.807, 2.05) is 43.3 Å². The van der Waals surface area contributed by atoms with Crippen LogP contribution in [0.5, 0.6) is 0 Å². The minimum Gasteiger partial charge on any atom is -0.355 e. The number of halogens is 1. The molecule has 0 saturated carbocycles. The molecule has 0 saturated heterocycles. The molecule has 5 nitrogen and oxygen atoms in total. The van der Waals surface area contributed by atoms with Gasteiger partial charge in [0, 0.05) is 24.7 Å². The van der Waals surface area contributed by atoms with Crippen molar-refractivity contribution in [1.29, 1.82) is 0 Å². The van der Waals surface area contributed by atoms with Crippen LogP contribution in [-0.4, -0.2) is 50.4 Å². The minimum absolute atomic E-state index is 0.131. The Hall–Kier alpha value is -1.59. The van der Waals surface area contributed by atoms with Crippen LogP contribution in [0.15, 0.2) is 24.3 Å². The van der Waals surface area contributed by atoms with Gasteiger partial charge in [-0.15, -0.1) is 0 Å². The summed E-state index contributed by atoms with van der Waals surface area (Å²) in [6, 6.07) is 7.47. The van der Waals surface area contributed by atoms with Crippen molar-refractivity contribution in [2.75, 3.05) is 33.7 Å². The Balaban J connectivity index is 2.16. The lowest BCUT2D eigenvalue weighted by molar-refractivity contribution is -0.129. The van der Waals surface area contributed by atoms with E-state index < -0.39 is 0 Å². The van der Waals surface area contributed by atoms with Crippen molar-refractivity contribution in [2.24, 2.45) is 0 Å². The van der Waals surface area contributed by atoms with Crippen molar-refractivity contribution in [3.8, 4) is 0 Å². The minimum atomic E-state index is -0.258. The third kappa shape index (κ3) is 8.32. The molecule has 1 aromatic carbocycles. The third-order valence-corrected chi connectivity index (χ3v) is 3.10. The Bertz CT molecular complexity index is 460. The summed E-state index contributed by atoms with van der Waals surface area (Å²) < 4.78 is 0. The van der Waals surface area contributed by atoms with Crippen LogP contribution in [0.4, 0.5) is 0 Å². The topological polar surface area (TPSA) is 61.4 Å². The molecular formula is C15H22ClN3O2. The van der Waals surface area contributed by atoms with Gasteiger partial charge in [0.1, 0.15) is 6.42 Å². The maximum absolute atomic E-state index is 11.6. The molecule has 0 aliphatic heterocycles. The lowest BCUT2D eigenvalue weighted by Gasteiger charge is -2.10. The van der Waals surface area contributed by atoms with Gasteiger partial charge >= 0.3 is 0 Å². The van der Waals surface area contributed by atoms with Crippen molar-refractivity contribution < 1.29 is 9.59 Å². The number of hydrogen-bond donors (Lipinski definition) is 2. The van der Waals surface area contributed by atoms with E-state index in [-0.39, 0.29) is 18.2 Å². The van der Waals surface area contributed by atoms with Crippen molar-refractivity contribution in [1.82, 2.24) is 15.5 Å². The van der Waals surface area contributed by atoms with Crippen LogP contribution in [0.1, 0.15) is 12.0 Å². The van der Waals surface area contributed by atoms with Crippen LogP contribution >= 0.6 is 11.6 Å².